The number of benzene rings is 1. The Labute approximate surface area is 124 Å². The SMILES string of the molecule is CCC(C)(C(=O)NC(C)c1cccc(Cl)c1)C(N)=S. The fraction of sp³-hybridized carbons (Fsp3) is 0.429. The molecule has 0 aliphatic carbocycles. The number of nitrogens with two attached hydrogens (primary N) is 1. The summed E-state index contributed by atoms with van der Waals surface area (Å²) in [5.41, 5.74) is 5.80. The van der Waals surface area contributed by atoms with Crippen molar-refractivity contribution in [3.63, 3.8) is 0 Å². The fourth-order valence-corrected chi connectivity index (χ4v) is 2.10. The molecule has 1 aromatic rings. The van der Waals surface area contributed by atoms with Gasteiger partial charge in [-0.2, -0.15) is 0 Å². The zero-order chi connectivity index (χ0) is 14.6. The number of nitrogens with one attached hydrogen (secondary N) is 1. The normalized spacial score (nSPS) is 15.4. The highest BCUT2D eigenvalue weighted by Crippen LogP contribution is 2.24. The van der Waals surface area contributed by atoms with Gasteiger partial charge in [-0.1, -0.05) is 42.9 Å². The molecule has 1 aromatic carbocycles. The van der Waals surface area contributed by atoms with Gasteiger partial charge in [0.25, 0.3) is 0 Å². The topological polar surface area (TPSA) is 55.1 Å². The van der Waals surface area contributed by atoms with Gasteiger partial charge in [-0.3, -0.25) is 4.79 Å². The van der Waals surface area contributed by atoms with E-state index in [2.05, 4.69) is 5.32 Å². The quantitative estimate of drug-likeness (QED) is 0.821. The van der Waals surface area contributed by atoms with Gasteiger partial charge in [0.15, 0.2) is 0 Å². The zero-order valence-corrected chi connectivity index (χ0v) is 12.9. The maximum Gasteiger partial charge on any atom is 0.233 e. The summed E-state index contributed by atoms with van der Waals surface area (Å²) in [6.07, 6.45) is 0.566. The van der Waals surface area contributed by atoms with Crippen LogP contribution in [0.2, 0.25) is 5.02 Å². The van der Waals surface area contributed by atoms with Crippen LogP contribution in [0.3, 0.4) is 0 Å². The number of carbonyl (C=O) groups excluding carboxylic acids is 1. The summed E-state index contributed by atoms with van der Waals surface area (Å²) in [7, 11) is 0. The third-order valence-corrected chi connectivity index (χ3v) is 4.13. The summed E-state index contributed by atoms with van der Waals surface area (Å²) < 4.78 is 0. The van der Waals surface area contributed by atoms with Crippen molar-refractivity contribution in [2.24, 2.45) is 11.1 Å². The Morgan fingerprint density at radius 3 is 2.68 bits per heavy atom. The molecule has 0 aliphatic rings. The molecule has 0 aromatic heterocycles. The standard InChI is InChI=1S/C14H19ClN2OS/c1-4-14(3,12(16)19)13(18)17-9(2)10-6-5-7-11(15)8-10/h5-9H,4H2,1-3H3,(H2,16,19)(H,17,18). The van der Waals surface area contributed by atoms with Gasteiger partial charge in [0.1, 0.15) is 0 Å². The lowest BCUT2D eigenvalue weighted by Gasteiger charge is -2.27. The number of carbonyl (C=O) groups is 1. The Hall–Kier alpha value is -1.13. The molecule has 2 atom stereocenters. The molecule has 1 rings (SSSR count). The fourth-order valence-electron chi connectivity index (χ4n) is 1.66. The second kappa shape index (κ2) is 6.35. The van der Waals surface area contributed by atoms with Crippen LogP contribution in [0, 0.1) is 5.41 Å². The van der Waals surface area contributed by atoms with Crippen molar-refractivity contribution < 1.29 is 4.79 Å². The highest BCUT2D eigenvalue weighted by molar-refractivity contribution is 7.80. The number of rotatable bonds is 5. The van der Waals surface area contributed by atoms with Crippen molar-refractivity contribution in [2.75, 3.05) is 0 Å². The van der Waals surface area contributed by atoms with Crippen LogP contribution in [0.15, 0.2) is 24.3 Å². The molecule has 3 N–H and O–H groups in total. The zero-order valence-electron chi connectivity index (χ0n) is 11.4. The average Bonchev–Trinajstić information content (AvgIpc) is 2.37. The second-order valence-corrected chi connectivity index (χ2v) is 5.68. The lowest BCUT2D eigenvalue weighted by molar-refractivity contribution is -0.127. The lowest BCUT2D eigenvalue weighted by atomic mass is 9.86. The van der Waals surface area contributed by atoms with Crippen molar-refractivity contribution in [3.8, 4) is 0 Å². The van der Waals surface area contributed by atoms with Gasteiger partial charge >= 0.3 is 0 Å². The van der Waals surface area contributed by atoms with E-state index in [1.54, 1.807) is 13.0 Å². The van der Waals surface area contributed by atoms with Crippen LogP contribution in [0.1, 0.15) is 38.8 Å². The molecular weight excluding hydrogens is 280 g/mol. The van der Waals surface area contributed by atoms with E-state index >= 15 is 0 Å². The number of thiocarbonyl (C=S) groups is 1. The first-order chi connectivity index (χ1) is 8.81. The maximum absolute atomic E-state index is 12.3. The van der Waals surface area contributed by atoms with Crippen molar-refractivity contribution in [1.82, 2.24) is 5.32 Å². The summed E-state index contributed by atoms with van der Waals surface area (Å²) in [4.78, 5) is 12.5. The smallest absolute Gasteiger partial charge is 0.233 e. The van der Waals surface area contributed by atoms with Crippen LogP contribution in [-0.4, -0.2) is 10.9 Å². The summed E-state index contributed by atoms with van der Waals surface area (Å²) in [6, 6.07) is 7.25. The average molecular weight is 299 g/mol. The summed E-state index contributed by atoms with van der Waals surface area (Å²) >= 11 is 10.9. The predicted octanol–water partition coefficient (Wildman–Crippen LogP) is 3.22. The van der Waals surface area contributed by atoms with Gasteiger partial charge < -0.3 is 11.1 Å². The van der Waals surface area contributed by atoms with Crippen molar-refractivity contribution in [1.29, 1.82) is 0 Å². The Bertz CT molecular complexity index is 492. The maximum atomic E-state index is 12.3. The minimum Gasteiger partial charge on any atom is -0.392 e. The number of hydrogen-bond acceptors (Lipinski definition) is 2. The Morgan fingerprint density at radius 1 is 1.58 bits per heavy atom. The molecule has 0 fully saturated rings. The highest BCUT2D eigenvalue weighted by Gasteiger charge is 2.35. The molecule has 0 saturated carbocycles. The number of amides is 1. The monoisotopic (exact) mass is 298 g/mol. The van der Waals surface area contributed by atoms with Crippen LogP contribution < -0.4 is 11.1 Å². The molecule has 104 valence electrons. The van der Waals surface area contributed by atoms with Crippen LogP contribution in [-0.2, 0) is 4.79 Å². The van der Waals surface area contributed by atoms with E-state index < -0.39 is 5.41 Å². The summed E-state index contributed by atoms with van der Waals surface area (Å²) in [5, 5.41) is 3.58. The van der Waals surface area contributed by atoms with Gasteiger partial charge in [0, 0.05) is 5.02 Å². The Balaban J connectivity index is 2.85. The molecule has 0 saturated heterocycles. The minimum absolute atomic E-state index is 0.147. The first-order valence-corrected chi connectivity index (χ1v) is 6.96. The van der Waals surface area contributed by atoms with E-state index in [0.717, 1.165) is 5.56 Å². The molecule has 1 amide bonds. The molecule has 0 aliphatic heterocycles. The van der Waals surface area contributed by atoms with Gasteiger partial charge in [-0.25, -0.2) is 0 Å². The molecule has 0 spiro atoms. The van der Waals surface area contributed by atoms with E-state index in [9.17, 15) is 4.79 Å². The molecule has 19 heavy (non-hydrogen) atoms. The van der Waals surface area contributed by atoms with Crippen molar-refractivity contribution in [3.05, 3.63) is 34.9 Å². The molecule has 0 radical (unpaired) electrons. The summed E-state index contributed by atoms with van der Waals surface area (Å²) in [6.45, 7) is 5.55. The van der Waals surface area contributed by atoms with E-state index in [4.69, 9.17) is 29.6 Å². The molecule has 2 unspecified atom stereocenters. The van der Waals surface area contributed by atoms with E-state index in [0.29, 0.717) is 11.4 Å². The third kappa shape index (κ3) is 3.67. The molecular formula is C14H19ClN2OS. The van der Waals surface area contributed by atoms with Crippen LogP contribution in [0.25, 0.3) is 0 Å². The van der Waals surface area contributed by atoms with Gasteiger partial charge in [0.05, 0.1) is 16.4 Å². The first-order valence-electron chi connectivity index (χ1n) is 6.17. The Morgan fingerprint density at radius 2 is 2.21 bits per heavy atom. The summed E-state index contributed by atoms with van der Waals surface area (Å²) in [5.74, 6) is -0.157. The number of halogens is 1. The van der Waals surface area contributed by atoms with Crippen LogP contribution in [0.4, 0.5) is 0 Å². The van der Waals surface area contributed by atoms with Crippen LogP contribution in [0.5, 0.6) is 0 Å². The highest BCUT2D eigenvalue weighted by atomic mass is 35.5. The predicted molar refractivity (Wildman–Crippen MR) is 83.2 cm³/mol. The molecule has 0 heterocycles. The third-order valence-electron chi connectivity index (χ3n) is 3.45. The van der Waals surface area contributed by atoms with E-state index in [1.165, 1.54) is 0 Å². The minimum atomic E-state index is -0.817. The Kier molecular flexibility index (Phi) is 5.32. The van der Waals surface area contributed by atoms with Gasteiger partial charge in [0.2, 0.25) is 5.91 Å². The first kappa shape index (κ1) is 15.9. The molecule has 3 nitrogen and oxygen atoms in total. The van der Waals surface area contributed by atoms with Gasteiger partial charge in [-0.15, -0.1) is 0 Å². The van der Waals surface area contributed by atoms with Crippen LogP contribution >= 0.6 is 23.8 Å². The lowest BCUT2D eigenvalue weighted by Crippen LogP contribution is -2.47. The molecule has 0 bridgehead atoms. The number of hydrogen-bond donors (Lipinski definition) is 2. The second-order valence-electron chi connectivity index (χ2n) is 4.80. The molecule has 5 heteroatoms. The van der Waals surface area contributed by atoms with E-state index in [1.807, 2.05) is 32.0 Å². The van der Waals surface area contributed by atoms with Gasteiger partial charge in [-0.05, 0) is 38.0 Å². The van der Waals surface area contributed by atoms with E-state index in [-0.39, 0.29) is 16.9 Å². The largest absolute Gasteiger partial charge is 0.392 e. The van der Waals surface area contributed by atoms with Crippen molar-refractivity contribution >= 4 is 34.7 Å². The van der Waals surface area contributed by atoms with Crippen molar-refractivity contribution in [2.45, 2.75) is 33.2 Å².